The maximum atomic E-state index is 15.1. The van der Waals surface area contributed by atoms with Gasteiger partial charge in [0.1, 0.15) is 17.5 Å². The first kappa shape index (κ1) is 103. The third kappa shape index (κ3) is 24.8. The molecule has 12 aromatic heterocycles. The molecule has 705 valence electrons. The molecule has 21 rings (SSSR count). The minimum Gasteiger partial charge on any atom is -0.486 e. The van der Waals surface area contributed by atoms with Crippen molar-refractivity contribution >= 4 is 66.2 Å². The van der Waals surface area contributed by atoms with E-state index in [0.717, 1.165) is 184 Å². The van der Waals surface area contributed by atoms with E-state index in [1.807, 2.05) is 237 Å². The predicted octanol–water partition coefficient (Wildman–Crippen LogP) is 32.3. The Morgan fingerprint density at radius 3 is 1.01 bits per heavy atom. The number of pyridine rings is 9. The smallest absolute Gasteiger partial charge is 0.216 e. The van der Waals surface area contributed by atoms with E-state index in [1.54, 1.807) is 55.4 Å². The Balaban J connectivity index is 0.000000144. The number of hydrogen-bond donors (Lipinski definition) is 0. The first-order chi connectivity index (χ1) is 65.8. The van der Waals surface area contributed by atoms with E-state index in [9.17, 15) is 8.78 Å². The van der Waals surface area contributed by atoms with Gasteiger partial charge in [0.2, 0.25) is 17.1 Å². The van der Waals surface area contributed by atoms with Gasteiger partial charge < -0.3 is 43.2 Å². The number of aromatic nitrogens is 9. The molecule has 139 heavy (non-hydrogen) atoms. The molecule has 0 aliphatic rings. The summed E-state index contributed by atoms with van der Waals surface area (Å²) in [5.41, 5.74) is 29.4. The largest absolute Gasteiger partial charge is 0.486 e. The van der Waals surface area contributed by atoms with Crippen LogP contribution in [-0.4, -0.2) is 44.9 Å². The molecule has 0 unspecified atom stereocenters. The molecule has 21 aromatic rings. The molecule has 0 aliphatic heterocycles. The fraction of sp³-hybridized carbons (Fsp3) is 0.182. The Bertz CT molecular complexity index is 7450. The molecular formula is C121H104F3Ir3N9O3-6. The summed E-state index contributed by atoms with van der Waals surface area (Å²) < 4.78 is 60.7. The van der Waals surface area contributed by atoms with Gasteiger partial charge in [0, 0.05) is 131 Å². The van der Waals surface area contributed by atoms with E-state index >= 15 is 4.39 Å². The van der Waals surface area contributed by atoms with Crippen LogP contribution in [0.1, 0.15) is 163 Å². The first-order valence-corrected chi connectivity index (χ1v) is 46.0. The summed E-state index contributed by atoms with van der Waals surface area (Å²) in [5.74, 6) is 1.73. The minimum absolute atomic E-state index is 0. The number of benzene rings is 9. The molecule has 0 bridgehead atoms. The number of rotatable bonds is 16. The van der Waals surface area contributed by atoms with Crippen molar-refractivity contribution in [2.45, 2.75) is 140 Å². The summed E-state index contributed by atoms with van der Waals surface area (Å²) in [6, 6.07) is 107. The van der Waals surface area contributed by atoms with E-state index in [-0.39, 0.29) is 89.6 Å². The predicted molar refractivity (Wildman–Crippen MR) is 546 cm³/mol. The van der Waals surface area contributed by atoms with Crippen LogP contribution in [0.25, 0.3) is 167 Å². The quantitative estimate of drug-likeness (QED) is 0.0845. The Kier molecular flexibility index (Phi) is 34.9. The average molecular weight is 2370 g/mol. The van der Waals surface area contributed by atoms with Crippen molar-refractivity contribution in [3.63, 3.8) is 0 Å². The van der Waals surface area contributed by atoms with Crippen LogP contribution in [0.15, 0.2) is 323 Å². The van der Waals surface area contributed by atoms with Gasteiger partial charge in [-0.15, -0.1) is 161 Å². The fourth-order valence-corrected chi connectivity index (χ4v) is 16.0. The van der Waals surface area contributed by atoms with E-state index < -0.39 is 0 Å². The summed E-state index contributed by atoms with van der Waals surface area (Å²) in [6.07, 6.45) is 11.5. The molecule has 0 saturated carbocycles. The van der Waals surface area contributed by atoms with Crippen LogP contribution >= 0.6 is 0 Å². The molecule has 12 heterocycles. The Morgan fingerprint density at radius 1 is 0.295 bits per heavy atom. The molecule has 0 amide bonds. The zero-order chi connectivity index (χ0) is 95.2. The third-order valence-corrected chi connectivity index (χ3v) is 23.6. The van der Waals surface area contributed by atoms with Crippen LogP contribution in [0.4, 0.5) is 13.2 Å². The standard InChI is InChI=1S/C29H26FN2O.C27H22FN2O.C23H14FN2O.3C14H14N.3Ir/c1-16(2)24-13-20(14-25(17(3)4)27(24)30)19-11-12-31-26(15-19)23-8-6-7-21-22-10-9-18(5)32-29(22)33-28(21)23;1-16(2)13-20-14-18(8-10-24(20)28)19-11-12-29-25(15-19)23-6-4-5-21-22-9-7-17(3)30-27(22)31-26(21)23;1-14-5-11-19-18-3-2-4-20(22(18)27-23(19)26-14)21-12-8-16(13-25-21)15-6-9-17(24)10-7-15;3*1-11(2)12-6-8-13(9-7-12)14-5-3-4-10-15-14;;;/h6-7,9-17H,1-5H3;4-5,7-12,14-16H,13H2,1-3H3;2-3,5-13H,1H3;3*3-8,10-11H,1-2H3;;;/q6*-1;;;. The first-order valence-electron chi connectivity index (χ1n) is 46.0. The maximum absolute atomic E-state index is 15.1. The van der Waals surface area contributed by atoms with E-state index in [0.29, 0.717) is 47.2 Å². The van der Waals surface area contributed by atoms with Crippen molar-refractivity contribution in [1.29, 1.82) is 0 Å². The van der Waals surface area contributed by atoms with Crippen LogP contribution in [0.5, 0.6) is 0 Å². The Labute approximate surface area is 852 Å². The molecule has 9 aromatic carbocycles. The van der Waals surface area contributed by atoms with Gasteiger partial charge in [-0.1, -0.05) is 213 Å². The molecule has 3 radical (unpaired) electrons. The third-order valence-electron chi connectivity index (χ3n) is 23.6. The van der Waals surface area contributed by atoms with E-state index in [2.05, 4.69) is 191 Å². The van der Waals surface area contributed by atoms with Gasteiger partial charge in [-0.3, -0.25) is 0 Å². The molecule has 0 spiro atoms. The zero-order valence-corrected chi connectivity index (χ0v) is 87.2. The molecule has 12 nitrogen and oxygen atoms in total. The number of furan rings is 3. The van der Waals surface area contributed by atoms with Crippen molar-refractivity contribution in [2.24, 2.45) is 5.92 Å². The normalized spacial score (nSPS) is 11.1. The summed E-state index contributed by atoms with van der Waals surface area (Å²) >= 11 is 0. The molecular weight excluding hydrogens is 2260 g/mol. The molecule has 0 saturated heterocycles. The Hall–Kier alpha value is -13.5. The average Bonchev–Trinajstić information content (AvgIpc) is 1.60. The molecule has 18 heteroatoms. The SMILES string of the molecule is CC(C)c1c[c-]c(-c2ccccn2)cc1.CC(C)c1c[c-]c(-c2ccccn2)cc1.CC(C)c1c[c-]c(-c2ccccn2)cc1.Cc1ccc2c(n1)oc1c(-c3cc(-c4cc(C(C)C)c(F)c(C(C)C)c4)ccn3)[c-]ccc12.Cc1ccc2c(n1)oc1c(-c3cc(-c4ccc(F)c(CC(C)C)c4)ccn3)[c-]ccc12.Cc1ccc2c(n1)oc1c(-c3ccc(-c4ccc(F)cc4)cn3)[c-]ccc12.[Ir].[Ir].[Ir]. The van der Waals surface area contributed by atoms with Crippen LogP contribution in [-0.2, 0) is 66.7 Å². The topological polar surface area (TPSA) is 155 Å². The number of halogens is 3. The van der Waals surface area contributed by atoms with Crippen LogP contribution in [0.3, 0.4) is 0 Å². The van der Waals surface area contributed by atoms with Gasteiger partial charge in [0.15, 0.2) is 0 Å². The van der Waals surface area contributed by atoms with Crippen LogP contribution < -0.4 is 0 Å². The number of fused-ring (bicyclic) bond motifs is 9. The van der Waals surface area contributed by atoms with Crippen molar-refractivity contribution in [1.82, 2.24) is 44.9 Å². The van der Waals surface area contributed by atoms with Crippen molar-refractivity contribution in [2.75, 3.05) is 0 Å². The monoisotopic (exact) mass is 2370 g/mol. The molecule has 0 aliphatic carbocycles. The second-order valence-corrected chi connectivity index (χ2v) is 35.7. The van der Waals surface area contributed by atoms with Crippen molar-refractivity contribution < 1.29 is 86.7 Å². The summed E-state index contributed by atoms with van der Waals surface area (Å²) in [5, 5.41) is 5.91. The summed E-state index contributed by atoms with van der Waals surface area (Å²) in [7, 11) is 0. The van der Waals surface area contributed by atoms with Gasteiger partial charge in [-0.2, -0.15) is 0 Å². The molecule has 0 fully saturated rings. The number of hydrogen-bond acceptors (Lipinski definition) is 12. The summed E-state index contributed by atoms with van der Waals surface area (Å²) in [4.78, 5) is 40.2. The molecule has 0 N–H and O–H groups in total. The second kappa shape index (κ2) is 47.2. The second-order valence-electron chi connectivity index (χ2n) is 35.7. The fourth-order valence-electron chi connectivity index (χ4n) is 16.0. The van der Waals surface area contributed by atoms with Gasteiger partial charge >= 0.3 is 0 Å². The summed E-state index contributed by atoms with van der Waals surface area (Å²) in [6.45, 7) is 31.2. The van der Waals surface area contributed by atoms with Gasteiger partial charge in [0.05, 0.1) is 16.7 Å². The zero-order valence-electron chi connectivity index (χ0n) is 80.0. The van der Waals surface area contributed by atoms with Crippen LogP contribution in [0, 0.1) is 80.5 Å². The van der Waals surface area contributed by atoms with Crippen LogP contribution in [0.2, 0.25) is 0 Å². The van der Waals surface area contributed by atoms with Gasteiger partial charge in [-0.05, 0) is 232 Å². The van der Waals surface area contributed by atoms with E-state index in [1.165, 1.54) is 28.8 Å². The molecule has 0 atom stereocenters. The number of aryl methyl sites for hydroxylation is 3. The van der Waals surface area contributed by atoms with Gasteiger partial charge in [0.25, 0.3) is 0 Å². The number of nitrogens with zero attached hydrogens (tertiary/aromatic N) is 9. The maximum Gasteiger partial charge on any atom is 0.216 e. The van der Waals surface area contributed by atoms with Crippen molar-refractivity contribution in [3.8, 4) is 101 Å². The van der Waals surface area contributed by atoms with E-state index in [4.69, 9.17) is 13.3 Å². The minimum atomic E-state index is -0.252. The van der Waals surface area contributed by atoms with Crippen molar-refractivity contribution in [3.05, 3.63) is 414 Å². The Morgan fingerprint density at radius 2 is 0.662 bits per heavy atom. The van der Waals surface area contributed by atoms with Gasteiger partial charge in [-0.25, -0.2) is 28.1 Å².